The molecule has 0 spiro atoms. The molecule has 0 aromatic rings. The Morgan fingerprint density at radius 1 is 1.30 bits per heavy atom. The normalized spacial score (nSPS) is 34.8. The van der Waals surface area contributed by atoms with Gasteiger partial charge in [-0.3, -0.25) is 0 Å². The second-order valence-electron chi connectivity index (χ2n) is 3.58. The Labute approximate surface area is 63.4 Å². The van der Waals surface area contributed by atoms with E-state index in [9.17, 15) is 0 Å². The van der Waals surface area contributed by atoms with E-state index in [1.165, 1.54) is 0 Å². The molecule has 2 nitrogen and oxygen atoms in total. The van der Waals surface area contributed by atoms with E-state index in [0.717, 1.165) is 19.0 Å². The lowest BCUT2D eigenvalue weighted by atomic mass is 10.0. The van der Waals surface area contributed by atoms with Gasteiger partial charge in [-0.2, -0.15) is 0 Å². The van der Waals surface area contributed by atoms with Crippen molar-refractivity contribution in [1.29, 1.82) is 0 Å². The summed E-state index contributed by atoms with van der Waals surface area (Å²) in [7, 11) is 0. The fourth-order valence-corrected chi connectivity index (χ4v) is 1.37. The van der Waals surface area contributed by atoms with Crippen LogP contribution in [-0.4, -0.2) is 25.2 Å². The highest BCUT2D eigenvalue weighted by atomic mass is 15.1. The maximum Gasteiger partial charge on any atom is 0.0218 e. The van der Waals surface area contributed by atoms with Gasteiger partial charge in [-0.15, -0.1) is 0 Å². The van der Waals surface area contributed by atoms with Crippen LogP contribution < -0.4 is 10.6 Å². The number of rotatable bonds is 1. The zero-order valence-corrected chi connectivity index (χ0v) is 7.15. The SMILES string of the molecule is CC1CNCC(C(C)C)N1. The quantitative estimate of drug-likeness (QED) is 0.560. The van der Waals surface area contributed by atoms with Crippen molar-refractivity contribution < 1.29 is 0 Å². The molecule has 60 valence electrons. The molecule has 1 aliphatic rings. The van der Waals surface area contributed by atoms with Gasteiger partial charge < -0.3 is 10.6 Å². The Kier molecular flexibility index (Phi) is 2.69. The molecule has 0 radical (unpaired) electrons. The highest BCUT2D eigenvalue weighted by molar-refractivity contribution is 4.82. The average molecular weight is 142 g/mol. The fraction of sp³-hybridized carbons (Fsp3) is 1.00. The Balaban J connectivity index is 2.32. The molecule has 0 aromatic carbocycles. The van der Waals surface area contributed by atoms with Crippen LogP contribution in [0.15, 0.2) is 0 Å². The van der Waals surface area contributed by atoms with Crippen molar-refractivity contribution in [3.05, 3.63) is 0 Å². The summed E-state index contributed by atoms with van der Waals surface area (Å²) in [6.45, 7) is 8.99. The molecule has 0 saturated carbocycles. The predicted molar refractivity (Wildman–Crippen MR) is 44.1 cm³/mol. The van der Waals surface area contributed by atoms with Crippen molar-refractivity contribution in [3.8, 4) is 0 Å². The Morgan fingerprint density at radius 3 is 2.40 bits per heavy atom. The highest BCUT2D eigenvalue weighted by Gasteiger charge is 2.19. The second-order valence-corrected chi connectivity index (χ2v) is 3.58. The van der Waals surface area contributed by atoms with Crippen LogP contribution in [0.1, 0.15) is 20.8 Å². The summed E-state index contributed by atoms with van der Waals surface area (Å²) in [6, 6.07) is 1.31. The summed E-state index contributed by atoms with van der Waals surface area (Å²) in [5.74, 6) is 0.746. The van der Waals surface area contributed by atoms with Gasteiger partial charge in [-0.1, -0.05) is 13.8 Å². The van der Waals surface area contributed by atoms with Gasteiger partial charge in [0.2, 0.25) is 0 Å². The van der Waals surface area contributed by atoms with Gasteiger partial charge in [-0.05, 0) is 12.8 Å². The fourth-order valence-electron chi connectivity index (χ4n) is 1.37. The van der Waals surface area contributed by atoms with E-state index in [-0.39, 0.29) is 0 Å². The average Bonchev–Trinajstić information content (AvgIpc) is 1.88. The third-order valence-corrected chi connectivity index (χ3v) is 2.12. The van der Waals surface area contributed by atoms with Crippen LogP contribution in [0, 0.1) is 5.92 Å². The van der Waals surface area contributed by atoms with E-state index < -0.39 is 0 Å². The van der Waals surface area contributed by atoms with Crippen LogP contribution in [-0.2, 0) is 0 Å². The Morgan fingerprint density at radius 2 is 2.00 bits per heavy atom. The van der Waals surface area contributed by atoms with E-state index in [1.807, 2.05) is 0 Å². The van der Waals surface area contributed by atoms with Crippen molar-refractivity contribution in [3.63, 3.8) is 0 Å². The lowest BCUT2D eigenvalue weighted by molar-refractivity contribution is 0.296. The van der Waals surface area contributed by atoms with Crippen molar-refractivity contribution >= 4 is 0 Å². The molecule has 2 unspecified atom stereocenters. The number of piperazine rings is 1. The summed E-state index contributed by atoms with van der Waals surface area (Å²) >= 11 is 0. The molecule has 2 heteroatoms. The predicted octanol–water partition coefficient (Wildman–Crippen LogP) is 0.592. The first kappa shape index (κ1) is 8.02. The molecule has 0 amide bonds. The van der Waals surface area contributed by atoms with E-state index >= 15 is 0 Å². The third-order valence-electron chi connectivity index (χ3n) is 2.12. The van der Waals surface area contributed by atoms with E-state index in [0.29, 0.717) is 12.1 Å². The molecule has 0 bridgehead atoms. The second kappa shape index (κ2) is 3.35. The van der Waals surface area contributed by atoms with Crippen LogP contribution in [0.4, 0.5) is 0 Å². The van der Waals surface area contributed by atoms with Gasteiger partial charge in [-0.25, -0.2) is 0 Å². The molecular weight excluding hydrogens is 124 g/mol. The summed E-state index contributed by atoms with van der Waals surface area (Å²) in [5, 5.41) is 6.96. The minimum absolute atomic E-state index is 0.640. The lowest BCUT2D eigenvalue weighted by Gasteiger charge is -2.32. The molecule has 10 heavy (non-hydrogen) atoms. The zero-order valence-electron chi connectivity index (χ0n) is 7.15. The Hall–Kier alpha value is -0.0800. The van der Waals surface area contributed by atoms with Gasteiger partial charge >= 0.3 is 0 Å². The molecule has 1 aliphatic heterocycles. The van der Waals surface area contributed by atoms with E-state index in [1.54, 1.807) is 0 Å². The zero-order chi connectivity index (χ0) is 7.56. The standard InChI is InChI=1S/C8H18N2/c1-6(2)8-5-9-4-7(3)10-8/h6-10H,4-5H2,1-3H3. The van der Waals surface area contributed by atoms with Crippen LogP contribution in [0.3, 0.4) is 0 Å². The lowest BCUT2D eigenvalue weighted by Crippen LogP contribution is -2.55. The number of nitrogens with one attached hydrogen (secondary N) is 2. The minimum atomic E-state index is 0.640. The monoisotopic (exact) mass is 142 g/mol. The maximum atomic E-state index is 3.55. The van der Waals surface area contributed by atoms with Crippen LogP contribution >= 0.6 is 0 Å². The van der Waals surface area contributed by atoms with E-state index in [4.69, 9.17) is 0 Å². The third kappa shape index (κ3) is 1.96. The first-order valence-electron chi connectivity index (χ1n) is 4.17. The number of hydrogen-bond donors (Lipinski definition) is 2. The van der Waals surface area contributed by atoms with Gasteiger partial charge in [0.1, 0.15) is 0 Å². The highest BCUT2D eigenvalue weighted by Crippen LogP contribution is 2.04. The van der Waals surface area contributed by atoms with Crippen LogP contribution in [0.5, 0.6) is 0 Å². The molecule has 0 aliphatic carbocycles. The largest absolute Gasteiger partial charge is 0.314 e. The summed E-state index contributed by atoms with van der Waals surface area (Å²) < 4.78 is 0. The van der Waals surface area contributed by atoms with Crippen molar-refractivity contribution in [2.45, 2.75) is 32.9 Å². The molecule has 1 rings (SSSR count). The summed E-state index contributed by atoms with van der Waals surface area (Å²) in [5.41, 5.74) is 0. The molecule has 0 aromatic heterocycles. The molecule has 2 atom stereocenters. The van der Waals surface area contributed by atoms with Crippen molar-refractivity contribution in [2.75, 3.05) is 13.1 Å². The Bertz CT molecular complexity index is 101. The molecule has 1 heterocycles. The molecule has 1 fully saturated rings. The minimum Gasteiger partial charge on any atom is -0.314 e. The summed E-state index contributed by atoms with van der Waals surface area (Å²) in [6.07, 6.45) is 0. The first-order valence-corrected chi connectivity index (χ1v) is 4.17. The van der Waals surface area contributed by atoms with Crippen LogP contribution in [0.25, 0.3) is 0 Å². The smallest absolute Gasteiger partial charge is 0.0218 e. The number of hydrogen-bond acceptors (Lipinski definition) is 2. The topological polar surface area (TPSA) is 24.1 Å². The van der Waals surface area contributed by atoms with Crippen molar-refractivity contribution in [1.82, 2.24) is 10.6 Å². The van der Waals surface area contributed by atoms with Gasteiger partial charge in [0.05, 0.1) is 0 Å². The maximum absolute atomic E-state index is 3.55. The van der Waals surface area contributed by atoms with Gasteiger partial charge in [0.25, 0.3) is 0 Å². The molecule has 1 saturated heterocycles. The molecular formula is C8H18N2. The molecule has 2 N–H and O–H groups in total. The van der Waals surface area contributed by atoms with Gasteiger partial charge in [0.15, 0.2) is 0 Å². The van der Waals surface area contributed by atoms with Crippen molar-refractivity contribution in [2.24, 2.45) is 5.92 Å². The first-order chi connectivity index (χ1) is 4.70. The summed E-state index contributed by atoms with van der Waals surface area (Å²) in [4.78, 5) is 0. The van der Waals surface area contributed by atoms with Gasteiger partial charge in [0, 0.05) is 25.2 Å². The van der Waals surface area contributed by atoms with Crippen LogP contribution in [0.2, 0.25) is 0 Å². The van der Waals surface area contributed by atoms with E-state index in [2.05, 4.69) is 31.4 Å².